The number of ether oxygens (including phenoxy) is 8. The number of esters is 2. The third-order valence-corrected chi connectivity index (χ3v) is 8.52. The Kier molecular flexibility index (Phi) is 14.8. The highest BCUT2D eigenvalue weighted by atomic mass is 31.2. The molecule has 0 radical (unpaired) electrons. The van der Waals surface area contributed by atoms with E-state index >= 15 is 0 Å². The summed E-state index contributed by atoms with van der Waals surface area (Å²) in [6, 6.07) is -0.446. The monoisotopic (exact) mass is 665 g/mol. The van der Waals surface area contributed by atoms with Gasteiger partial charge in [-0.2, -0.15) is 0 Å². The van der Waals surface area contributed by atoms with Gasteiger partial charge in [0, 0.05) is 39.9 Å². The minimum Gasteiger partial charge on any atom is -0.463 e. The van der Waals surface area contributed by atoms with Crippen LogP contribution in [0.3, 0.4) is 0 Å². The van der Waals surface area contributed by atoms with E-state index in [4.69, 9.17) is 42.4 Å². The molecule has 0 bridgehead atoms. The number of hydrogen-bond acceptors (Lipinski definition) is 15. The number of phosphoric ester groups is 1. The fourth-order valence-corrected chi connectivity index (χ4v) is 5.75. The molecule has 1 N–H and O–H groups in total. The molecule has 3 rings (SSSR count). The standard InChI is InChI=1S/C26H45BN3O14P/c1-15-16(2)26(43-21(14-39-17(3)31)22(15)41-18(4)32)38-10-9-37-8-7-30-11-19(28-29-30)12-40-24-23(44-45(33,34)36-6)20(13-35-5)42-25(24)27/h11,15-16,20-26H,7-10,12-14,27H2,1-6H3,(H,33,34)/t15?,16?,20-,21?,22?,23?,24+,25-,26?/m1/s1. The minimum absolute atomic E-state index is 0.0552. The first-order chi connectivity index (χ1) is 21.3. The molecule has 45 heavy (non-hydrogen) atoms. The van der Waals surface area contributed by atoms with Gasteiger partial charge in [0.1, 0.15) is 50.7 Å². The topological polar surface area (TPSA) is 194 Å². The second-order valence-electron chi connectivity index (χ2n) is 10.9. The molecule has 1 aromatic heterocycles. The molecule has 0 saturated carbocycles. The molecule has 19 heteroatoms. The summed E-state index contributed by atoms with van der Waals surface area (Å²) in [5.41, 5.74) is 0.534. The van der Waals surface area contributed by atoms with Crippen LogP contribution in [0.15, 0.2) is 6.20 Å². The lowest BCUT2D eigenvalue weighted by Crippen LogP contribution is -2.53. The SMILES string of the molecule is B[C@@H]1O[C@H](COC)C(OP(=O)(O)OC)[C@@H]1OCc1cn(CCOCCOC2OC(COC(C)=O)C(OC(C)=O)C(C)C2C)nn1. The Morgan fingerprint density at radius 3 is 2.40 bits per heavy atom. The Bertz CT molecular complexity index is 1130. The van der Waals surface area contributed by atoms with Crippen LogP contribution in [0.1, 0.15) is 33.4 Å². The molecule has 0 spiro atoms. The molecule has 10 atom stereocenters. The lowest BCUT2D eigenvalue weighted by molar-refractivity contribution is -0.275. The van der Waals surface area contributed by atoms with Crippen LogP contribution in [0.5, 0.6) is 0 Å². The lowest BCUT2D eigenvalue weighted by Gasteiger charge is -2.43. The summed E-state index contributed by atoms with van der Waals surface area (Å²) >= 11 is 0. The van der Waals surface area contributed by atoms with Gasteiger partial charge in [0.15, 0.2) is 6.29 Å². The van der Waals surface area contributed by atoms with Crippen molar-refractivity contribution in [3.63, 3.8) is 0 Å². The van der Waals surface area contributed by atoms with Crippen LogP contribution in [0.25, 0.3) is 0 Å². The number of carbonyl (C=O) groups excluding carboxylic acids is 2. The van der Waals surface area contributed by atoms with E-state index in [-0.39, 0.29) is 44.9 Å². The summed E-state index contributed by atoms with van der Waals surface area (Å²) in [5, 5.41) is 8.20. The number of aromatic nitrogens is 3. The second kappa shape index (κ2) is 17.8. The molecular weight excluding hydrogens is 620 g/mol. The van der Waals surface area contributed by atoms with E-state index < -0.39 is 62.6 Å². The maximum Gasteiger partial charge on any atom is 0.472 e. The average molecular weight is 665 g/mol. The van der Waals surface area contributed by atoms with Gasteiger partial charge in [-0.25, -0.2) is 9.25 Å². The van der Waals surface area contributed by atoms with Gasteiger partial charge in [-0.15, -0.1) is 5.10 Å². The fourth-order valence-electron chi connectivity index (χ4n) is 5.10. The Balaban J connectivity index is 1.41. The number of rotatable bonds is 18. The van der Waals surface area contributed by atoms with Crippen molar-refractivity contribution in [2.75, 3.05) is 47.3 Å². The Hall–Kier alpha value is -1.99. The highest BCUT2D eigenvalue weighted by Gasteiger charge is 2.47. The van der Waals surface area contributed by atoms with Crippen LogP contribution in [0.4, 0.5) is 0 Å². The van der Waals surface area contributed by atoms with Gasteiger partial charge in [0.25, 0.3) is 0 Å². The van der Waals surface area contributed by atoms with Gasteiger partial charge in [-0.05, 0) is 0 Å². The largest absolute Gasteiger partial charge is 0.472 e. The zero-order valence-corrected chi connectivity index (χ0v) is 27.7. The molecule has 0 amide bonds. The van der Waals surface area contributed by atoms with Gasteiger partial charge in [-0.3, -0.25) is 18.6 Å². The van der Waals surface area contributed by atoms with Gasteiger partial charge < -0.3 is 42.8 Å². The lowest BCUT2D eigenvalue weighted by atomic mass is 9.84. The molecule has 0 aliphatic carbocycles. The normalized spacial score (nSPS) is 31.4. The molecule has 2 aliphatic rings. The van der Waals surface area contributed by atoms with Crippen LogP contribution in [0.2, 0.25) is 0 Å². The van der Waals surface area contributed by atoms with Crippen molar-refractivity contribution in [3.05, 3.63) is 11.9 Å². The summed E-state index contributed by atoms with van der Waals surface area (Å²) in [6.07, 6.45) is -2.33. The van der Waals surface area contributed by atoms with Crippen LogP contribution in [-0.2, 0) is 74.2 Å². The fraction of sp³-hybridized carbons (Fsp3) is 0.846. The zero-order chi connectivity index (χ0) is 33.1. The summed E-state index contributed by atoms with van der Waals surface area (Å²) in [6.45, 7) is 7.93. The van der Waals surface area contributed by atoms with Gasteiger partial charge >= 0.3 is 19.8 Å². The second-order valence-corrected chi connectivity index (χ2v) is 12.4. The number of phosphoric acid groups is 1. The van der Waals surface area contributed by atoms with Gasteiger partial charge in [-0.1, -0.05) is 19.1 Å². The molecule has 0 aromatic carbocycles. The van der Waals surface area contributed by atoms with Gasteiger partial charge in [0.2, 0.25) is 0 Å². The van der Waals surface area contributed by atoms with E-state index in [9.17, 15) is 19.0 Å². The summed E-state index contributed by atoms with van der Waals surface area (Å²) < 4.78 is 68.7. The minimum atomic E-state index is -4.30. The smallest absolute Gasteiger partial charge is 0.463 e. The van der Waals surface area contributed by atoms with Crippen molar-refractivity contribution >= 4 is 27.6 Å². The molecule has 2 fully saturated rings. The number of nitrogens with zero attached hydrogens (tertiary/aromatic N) is 3. The van der Waals surface area contributed by atoms with Crippen LogP contribution < -0.4 is 0 Å². The van der Waals surface area contributed by atoms with Crippen LogP contribution in [-0.4, -0.2) is 130 Å². The zero-order valence-electron chi connectivity index (χ0n) is 26.8. The van der Waals surface area contributed by atoms with Gasteiger partial charge in [0.05, 0.1) is 51.8 Å². The van der Waals surface area contributed by atoms with E-state index in [0.717, 1.165) is 7.11 Å². The third kappa shape index (κ3) is 11.3. The van der Waals surface area contributed by atoms with Crippen molar-refractivity contribution in [2.45, 2.75) is 83.7 Å². The summed E-state index contributed by atoms with van der Waals surface area (Å²) in [5.74, 6) is -1.10. The van der Waals surface area contributed by atoms with Crippen molar-refractivity contribution in [1.29, 1.82) is 0 Å². The first-order valence-corrected chi connectivity index (χ1v) is 16.2. The summed E-state index contributed by atoms with van der Waals surface area (Å²) in [4.78, 5) is 32.8. The molecule has 1 aromatic rings. The van der Waals surface area contributed by atoms with Crippen LogP contribution >= 0.6 is 7.82 Å². The maximum absolute atomic E-state index is 12.1. The number of carbonyl (C=O) groups is 2. The quantitative estimate of drug-likeness (QED) is 0.0939. The summed E-state index contributed by atoms with van der Waals surface area (Å²) in [7, 11) is 0.0378. The Morgan fingerprint density at radius 1 is 1.00 bits per heavy atom. The number of hydrogen-bond donors (Lipinski definition) is 1. The molecular formula is C26H45BN3O14P. The maximum atomic E-state index is 12.1. The molecule has 3 heterocycles. The highest BCUT2D eigenvalue weighted by Crippen LogP contribution is 2.46. The molecule has 17 nitrogen and oxygen atoms in total. The molecule has 2 saturated heterocycles. The predicted octanol–water partition coefficient (Wildman–Crippen LogP) is -0.175. The Morgan fingerprint density at radius 2 is 1.73 bits per heavy atom. The third-order valence-electron chi connectivity index (χ3n) is 7.55. The molecule has 2 aliphatic heterocycles. The van der Waals surface area contributed by atoms with E-state index in [1.165, 1.54) is 21.0 Å². The highest BCUT2D eigenvalue weighted by molar-refractivity contribution is 7.47. The van der Waals surface area contributed by atoms with Crippen molar-refractivity contribution in [2.24, 2.45) is 11.8 Å². The van der Waals surface area contributed by atoms with E-state index in [1.807, 2.05) is 13.8 Å². The van der Waals surface area contributed by atoms with Crippen LogP contribution in [0, 0.1) is 11.8 Å². The van der Waals surface area contributed by atoms with E-state index in [1.54, 1.807) is 18.7 Å². The molecule has 256 valence electrons. The van der Waals surface area contributed by atoms with Crippen molar-refractivity contribution < 1.29 is 66.0 Å². The van der Waals surface area contributed by atoms with E-state index in [0.29, 0.717) is 18.8 Å². The van der Waals surface area contributed by atoms with Crippen molar-refractivity contribution in [3.8, 4) is 0 Å². The average Bonchev–Trinajstić information content (AvgIpc) is 3.55. The van der Waals surface area contributed by atoms with E-state index in [2.05, 4.69) is 14.8 Å². The first-order valence-electron chi connectivity index (χ1n) is 14.7. The first kappa shape index (κ1) is 37.5. The molecule has 7 unspecified atom stereocenters. The number of methoxy groups -OCH3 is 1. The Labute approximate surface area is 263 Å². The van der Waals surface area contributed by atoms with Crippen molar-refractivity contribution in [1.82, 2.24) is 15.0 Å². The predicted molar refractivity (Wildman–Crippen MR) is 155 cm³/mol.